The minimum absolute atomic E-state index is 0.0253. The molecule has 3 N–H and O–H groups in total. The zero-order chi connectivity index (χ0) is 15.6. The van der Waals surface area contributed by atoms with Crippen molar-refractivity contribution in [1.82, 2.24) is 4.98 Å². The lowest BCUT2D eigenvalue weighted by Crippen LogP contribution is -2.17. The largest absolute Gasteiger partial charge is 0.456 e. The quantitative estimate of drug-likeness (QED) is 0.383. The molecule has 2 aromatic rings. The maximum atomic E-state index is 8.94. The first-order valence-corrected chi connectivity index (χ1v) is 7.12. The van der Waals surface area contributed by atoms with E-state index < -0.39 is 0 Å². The summed E-state index contributed by atoms with van der Waals surface area (Å²) in [5.74, 6) is 1.18. The van der Waals surface area contributed by atoms with Crippen LogP contribution in [0.3, 0.4) is 0 Å². The van der Waals surface area contributed by atoms with Crippen LogP contribution in [0.15, 0.2) is 33.9 Å². The number of oxime groups is 1. The number of ether oxygens (including phenoxy) is 1. The van der Waals surface area contributed by atoms with E-state index >= 15 is 0 Å². The predicted octanol–water partition coefficient (Wildman–Crippen LogP) is 3.66. The van der Waals surface area contributed by atoms with Gasteiger partial charge in [0.05, 0.1) is 11.3 Å². The highest BCUT2D eigenvalue weighted by Crippen LogP contribution is 2.31. The molecule has 0 aliphatic heterocycles. The minimum atomic E-state index is -0.0253. The number of hydrogen-bond donors (Lipinski definition) is 2. The summed E-state index contributed by atoms with van der Waals surface area (Å²) in [7, 11) is 0. The molecule has 5 nitrogen and oxygen atoms in total. The molecule has 0 unspecified atom stereocenters. The standard InChI is InChI=1S/C15H16BrN3O2/c1-8-4-5-11(16)7-12(8)21-13-6-9(2)18-10(3)14(13)15(17)19-20/h4-7,20H,1-3H3,(H2,17,19). The number of benzene rings is 1. The molecular weight excluding hydrogens is 334 g/mol. The molecule has 1 heterocycles. The predicted molar refractivity (Wildman–Crippen MR) is 85.2 cm³/mol. The number of aryl methyl sites for hydroxylation is 3. The van der Waals surface area contributed by atoms with Crippen LogP contribution < -0.4 is 10.5 Å². The lowest BCUT2D eigenvalue weighted by molar-refractivity contribution is 0.318. The topological polar surface area (TPSA) is 80.7 Å². The lowest BCUT2D eigenvalue weighted by Gasteiger charge is -2.15. The summed E-state index contributed by atoms with van der Waals surface area (Å²) < 4.78 is 6.88. The van der Waals surface area contributed by atoms with Gasteiger partial charge in [0.2, 0.25) is 0 Å². The van der Waals surface area contributed by atoms with Crippen molar-refractivity contribution in [3.05, 3.63) is 51.3 Å². The second-order valence-electron chi connectivity index (χ2n) is 4.72. The first-order chi connectivity index (χ1) is 9.92. The third-order valence-corrected chi connectivity index (χ3v) is 3.52. The molecule has 6 heteroatoms. The molecule has 21 heavy (non-hydrogen) atoms. The molecule has 0 radical (unpaired) electrons. The Kier molecular flexibility index (Phi) is 4.47. The van der Waals surface area contributed by atoms with Crippen molar-refractivity contribution in [2.45, 2.75) is 20.8 Å². The van der Waals surface area contributed by atoms with Gasteiger partial charge in [-0.25, -0.2) is 0 Å². The van der Waals surface area contributed by atoms with Gasteiger partial charge in [-0.1, -0.05) is 27.2 Å². The first-order valence-electron chi connectivity index (χ1n) is 6.32. The molecule has 0 amide bonds. The van der Waals surface area contributed by atoms with E-state index in [9.17, 15) is 0 Å². The molecule has 0 saturated heterocycles. The van der Waals surface area contributed by atoms with E-state index in [0.29, 0.717) is 22.8 Å². The van der Waals surface area contributed by atoms with Gasteiger partial charge in [0, 0.05) is 16.2 Å². The van der Waals surface area contributed by atoms with E-state index in [0.717, 1.165) is 15.7 Å². The summed E-state index contributed by atoms with van der Waals surface area (Å²) in [6.45, 7) is 5.61. The molecule has 0 atom stereocenters. The summed E-state index contributed by atoms with van der Waals surface area (Å²) in [6.07, 6.45) is 0. The molecule has 0 aliphatic rings. The van der Waals surface area contributed by atoms with Gasteiger partial charge in [-0.3, -0.25) is 4.98 Å². The van der Waals surface area contributed by atoms with Gasteiger partial charge in [-0.05, 0) is 38.5 Å². The van der Waals surface area contributed by atoms with Gasteiger partial charge >= 0.3 is 0 Å². The van der Waals surface area contributed by atoms with E-state index in [-0.39, 0.29) is 5.84 Å². The fourth-order valence-corrected chi connectivity index (χ4v) is 2.38. The van der Waals surface area contributed by atoms with E-state index in [1.807, 2.05) is 32.0 Å². The number of hydrogen-bond acceptors (Lipinski definition) is 4. The molecule has 0 saturated carbocycles. The van der Waals surface area contributed by atoms with Crippen LogP contribution in [-0.2, 0) is 0 Å². The minimum Gasteiger partial charge on any atom is -0.456 e. The number of pyridine rings is 1. The van der Waals surface area contributed by atoms with Crippen LogP contribution in [0.2, 0.25) is 0 Å². The van der Waals surface area contributed by atoms with Crippen LogP contribution in [0.5, 0.6) is 11.5 Å². The summed E-state index contributed by atoms with van der Waals surface area (Å²) in [4.78, 5) is 4.32. The summed E-state index contributed by atoms with van der Waals surface area (Å²) in [6, 6.07) is 7.52. The highest BCUT2D eigenvalue weighted by molar-refractivity contribution is 9.10. The average Bonchev–Trinajstić information content (AvgIpc) is 2.41. The van der Waals surface area contributed by atoms with Gasteiger partial charge in [0.15, 0.2) is 5.84 Å². The number of amidine groups is 1. The van der Waals surface area contributed by atoms with Crippen LogP contribution in [0.1, 0.15) is 22.5 Å². The maximum Gasteiger partial charge on any atom is 0.175 e. The molecule has 0 spiro atoms. The van der Waals surface area contributed by atoms with Crippen LogP contribution in [-0.4, -0.2) is 16.0 Å². The van der Waals surface area contributed by atoms with Crippen molar-refractivity contribution in [3.63, 3.8) is 0 Å². The van der Waals surface area contributed by atoms with Crippen LogP contribution in [0.25, 0.3) is 0 Å². The van der Waals surface area contributed by atoms with E-state index in [1.165, 1.54) is 0 Å². The second kappa shape index (κ2) is 6.13. The molecule has 2 rings (SSSR count). The number of nitrogens with zero attached hydrogens (tertiary/aromatic N) is 2. The highest BCUT2D eigenvalue weighted by Gasteiger charge is 2.15. The van der Waals surface area contributed by atoms with E-state index in [2.05, 4.69) is 26.1 Å². The Bertz CT molecular complexity index is 714. The SMILES string of the molecule is Cc1cc(Oc2cc(Br)ccc2C)c(/C(N)=N/O)c(C)n1. The third kappa shape index (κ3) is 3.33. The molecule has 110 valence electrons. The molecule has 0 bridgehead atoms. The van der Waals surface area contributed by atoms with Crippen molar-refractivity contribution in [2.24, 2.45) is 10.9 Å². The summed E-state index contributed by atoms with van der Waals surface area (Å²) in [5.41, 5.74) is 8.65. The first kappa shape index (κ1) is 15.3. The average molecular weight is 350 g/mol. The fourth-order valence-electron chi connectivity index (χ4n) is 2.04. The molecule has 1 aromatic heterocycles. The number of halogens is 1. The Balaban J connectivity index is 2.55. The number of rotatable bonds is 3. The summed E-state index contributed by atoms with van der Waals surface area (Å²) in [5, 5.41) is 12.0. The second-order valence-corrected chi connectivity index (χ2v) is 5.63. The smallest absolute Gasteiger partial charge is 0.175 e. The monoisotopic (exact) mass is 349 g/mol. The van der Waals surface area contributed by atoms with Gasteiger partial charge < -0.3 is 15.7 Å². The Morgan fingerprint density at radius 2 is 1.95 bits per heavy atom. The van der Waals surface area contributed by atoms with Crippen molar-refractivity contribution in [2.75, 3.05) is 0 Å². The van der Waals surface area contributed by atoms with Crippen molar-refractivity contribution in [1.29, 1.82) is 0 Å². The Morgan fingerprint density at radius 3 is 2.62 bits per heavy atom. The zero-order valence-corrected chi connectivity index (χ0v) is 13.6. The van der Waals surface area contributed by atoms with Gasteiger partial charge in [-0.2, -0.15) is 0 Å². The molecule has 0 aliphatic carbocycles. The normalized spacial score (nSPS) is 11.5. The molecule has 1 aromatic carbocycles. The van der Waals surface area contributed by atoms with Crippen LogP contribution in [0.4, 0.5) is 0 Å². The fraction of sp³-hybridized carbons (Fsp3) is 0.200. The van der Waals surface area contributed by atoms with Gasteiger partial charge in [0.25, 0.3) is 0 Å². The Labute approximate surface area is 131 Å². The van der Waals surface area contributed by atoms with Crippen LogP contribution in [0, 0.1) is 20.8 Å². The van der Waals surface area contributed by atoms with E-state index in [1.54, 1.807) is 13.0 Å². The number of nitrogens with two attached hydrogens (primary N) is 1. The lowest BCUT2D eigenvalue weighted by atomic mass is 10.1. The van der Waals surface area contributed by atoms with Crippen molar-refractivity contribution in [3.8, 4) is 11.5 Å². The van der Waals surface area contributed by atoms with Gasteiger partial charge in [-0.15, -0.1) is 0 Å². The van der Waals surface area contributed by atoms with Gasteiger partial charge in [0.1, 0.15) is 11.5 Å². The summed E-state index contributed by atoms with van der Waals surface area (Å²) >= 11 is 3.42. The highest BCUT2D eigenvalue weighted by atomic mass is 79.9. The Morgan fingerprint density at radius 1 is 1.24 bits per heavy atom. The van der Waals surface area contributed by atoms with Crippen molar-refractivity contribution < 1.29 is 9.94 Å². The van der Waals surface area contributed by atoms with E-state index in [4.69, 9.17) is 15.7 Å². The number of aromatic nitrogens is 1. The maximum absolute atomic E-state index is 8.94. The third-order valence-electron chi connectivity index (χ3n) is 3.03. The molecular formula is C15H16BrN3O2. The van der Waals surface area contributed by atoms with Crippen LogP contribution >= 0.6 is 15.9 Å². The van der Waals surface area contributed by atoms with Crippen molar-refractivity contribution >= 4 is 21.8 Å². The zero-order valence-electron chi connectivity index (χ0n) is 12.0. The Hall–Kier alpha value is -2.08. The molecule has 0 fully saturated rings.